The smallest absolute Gasteiger partial charge is 0.193 e. The van der Waals surface area contributed by atoms with Gasteiger partial charge in [0, 0.05) is 63.7 Å². The maximum atomic E-state index is 6.08. The Morgan fingerprint density at radius 2 is 2.04 bits per heavy atom. The highest BCUT2D eigenvalue weighted by Gasteiger charge is 2.19. The molecule has 1 aliphatic rings. The number of nitrogens with one attached hydrogen (secondary N) is 1. The van der Waals surface area contributed by atoms with Crippen molar-refractivity contribution in [2.75, 3.05) is 57.9 Å². The molecule has 0 saturated carbocycles. The predicted molar refractivity (Wildman–Crippen MR) is 113 cm³/mol. The summed E-state index contributed by atoms with van der Waals surface area (Å²) < 4.78 is 5.36. The fourth-order valence-electron chi connectivity index (χ4n) is 2.70. The number of piperazine rings is 1. The van der Waals surface area contributed by atoms with Gasteiger partial charge in [-0.3, -0.25) is 4.99 Å². The van der Waals surface area contributed by atoms with Gasteiger partial charge in [-0.15, -0.1) is 24.0 Å². The quantitative estimate of drug-likeness (QED) is 0.303. The number of benzene rings is 1. The largest absolute Gasteiger partial charge is 0.382 e. The number of anilines is 1. The van der Waals surface area contributed by atoms with Gasteiger partial charge in [0.25, 0.3) is 0 Å². The van der Waals surface area contributed by atoms with E-state index in [0.29, 0.717) is 0 Å². The Hall–Kier alpha value is -0.730. The number of halogens is 2. The van der Waals surface area contributed by atoms with Crippen molar-refractivity contribution < 1.29 is 4.74 Å². The molecule has 0 unspecified atom stereocenters. The van der Waals surface area contributed by atoms with Gasteiger partial charge in [-0.1, -0.05) is 17.7 Å². The highest BCUT2D eigenvalue weighted by Crippen LogP contribution is 2.20. The summed E-state index contributed by atoms with van der Waals surface area (Å²) in [5.41, 5.74) is 1.19. The van der Waals surface area contributed by atoms with Crippen molar-refractivity contribution in [2.24, 2.45) is 4.99 Å². The maximum absolute atomic E-state index is 6.08. The fraction of sp³-hybridized carbons (Fsp3) is 0.588. The molecule has 1 aromatic rings. The minimum absolute atomic E-state index is 0. The molecular weight excluding hydrogens is 439 g/mol. The van der Waals surface area contributed by atoms with E-state index < -0.39 is 0 Å². The molecule has 136 valence electrons. The number of rotatable bonds is 6. The van der Waals surface area contributed by atoms with E-state index in [9.17, 15) is 0 Å². The average molecular weight is 467 g/mol. The zero-order valence-electron chi connectivity index (χ0n) is 14.5. The second-order valence-electron chi connectivity index (χ2n) is 5.48. The Balaban J connectivity index is 0.00000288. The lowest BCUT2D eigenvalue weighted by Gasteiger charge is -2.37. The predicted octanol–water partition coefficient (Wildman–Crippen LogP) is 3.08. The molecule has 1 heterocycles. The number of ether oxygens (including phenoxy) is 1. The van der Waals surface area contributed by atoms with Crippen LogP contribution in [0.5, 0.6) is 0 Å². The van der Waals surface area contributed by atoms with Crippen LogP contribution in [0.25, 0.3) is 0 Å². The molecule has 1 aliphatic heterocycles. The van der Waals surface area contributed by atoms with Crippen LogP contribution in [0.1, 0.15) is 13.3 Å². The molecule has 1 aromatic carbocycles. The van der Waals surface area contributed by atoms with Gasteiger partial charge in [0.15, 0.2) is 5.96 Å². The molecule has 7 heteroatoms. The van der Waals surface area contributed by atoms with Gasteiger partial charge in [-0.2, -0.15) is 0 Å². The van der Waals surface area contributed by atoms with Crippen LogP contribution in [0.2, 0.25) is 5.02 Å². The lowest BCUT2D eigenvalue weighted by molar-refractivity contribution is 0.145. The fourth-order valence-corrected chi connectivity index (χ4v) is 2.88. The lowest BCUT2D eigenvalue weighted by Crippen LogP contribution is -2.52. The Bertz CT molecular complexity index is 507. The second-order valence-corrected chi connectivity index (χ2v) is 5.91. The zero-order chi connectivity index (χ0) is 16.5. The van der Waals surface area contributed by atoms with E-state index in [-0.39, 0.29) is 24.0 Å². The lowest BCUT2D eigenvalue weighted by atomic mass is 10.2. The normalized spacial score (nSPS) is 15.2. The standard InChI is InChI=1S/C17H27ClN4O.HI/c1-3-23-13-5-8-20-17(19-2)22-11-9-21(10-12-22)16-7-4-6-15(18)14-16;/h4,6-7,14H,3,5,8-13H2,1-2H3,(H,19,20);1H. The van der Waals surface area contributed by atoms with Crippen molar-refractivity contribution >= 4 is 47.2 Å². The van der Waals surface area contributed by atoms with E-state index in [2.05, 4.69) is 26.2 Å². The van der Waals surface area contributed by atoms with Crippen LogP contribution < -0.4 is 10.2 Å². The van der Waals surface area contributed by atoms with Crippen molar-refractivity contribution in [1.82, 2.24) is 10.2 Å². The van der Waals surface area contributed by atoms with Crippen LogP contribution in [-0.4, -0.2) is 63.8 Å². The third-order valence-electron chi connectivity index (χ3n) is 3.92. The van der Waals surface area contributed by atoms with Crippen molar-refractivity contribution in [3.8, 4) is 0 Å². The number of hydrogen-bond acceptors (Lipinski definition) is 3. The Morgan fingerprint density at radius 1 is 1.29 bits per heavy atom. The summed E-state index contributed by atoms with van der Waals surface area (Å²) in [6.45, 7) is 8.34. The van der Waals surface area contributed by atoms with Gasteiger partial charge < -0.3 is 19.9 Å². The second kappa shape index (κ2) is 11.8. The molecule has 0 aliphatic carbocycles. The highest BCUT2D eigenvalue weighted by molar-refractivity contribution is 14.0. The third kappa shape index (κ3) is 6.64. The van der Waals surface area contributed by atoms with Gasteiger partial charge in [-0.25, -0.2) is 0 Å². The number of nitrogens with zero attached hydrogens (tertiary/aromatic N) is 3. The van der Waals surface area contributed by atoms with Crippen LogP contribution in [0, 0.1) is 0 Å². The van der Waals surface area contributed by atoms with Gasteiger partial charge in [-0.05, 0) is 31.5 Å². The minimum atomic E-state index is 0. The molecule has 5 nitrogen and oxygen atoms in total. The molecule has 0 aromatic heterocycles. The van der Waals surface area contributed by atoms with Gasteiger partial charge in [0.1, 0.15) is 0 Å². The van der Waals surface area contributed by atoms with Crippen molar-refractivity contribution in [3.63, 3.8) is 0 Å². The van der Waals surface area contributed by atoms with Gasteiger partial charge in [0.2, 0.25) is 0 Å². The van der Waals surface area contributed by atoms with Crippen LogP contribution in [0.3, 0.4) is 0 Å². The zero-order valence-corrected chi connectivity index (χ0v) is 17.6. The molecule has 1 fully saturated rings. The van der Waals surface area contributed by atoms with Crippen LogP contribution in [0.4, 0.5) is 5.69 Å². The van der Waals surface area contributed by atoms with Gasteiger partial charge in [0.05, 0.1) is 0 Å². The third-order valence-corrected chi connectivity index (χ3v) is 4.15. The monoisotopic (exact) mass is 466 g/mol. The van der Waals surface area contributed by atoms with Crippen LogP contribution in [0.15, 0.2) is 29.3 Å². The van der Waals surface area contributed by atoms with E-state index in [4.69, 9.17) is 16.3 Å². The van der Waals surface area contributed by atoms with Crippen molar-refractivity contribution in [1.29, 1.82) is 0 Å². The molecule has 0 spiro atoms. The molecule has 0 amide bonds. The topological polar surface area (TPSA) is 40.1 Å². The van der Waals surface area contributed by atoms with Crippen LogP contribution in [-0.2, 0) is 4.74 Å². The Kier molecular flexibility index (Phi) is 10.4. The van der Waals surface area contributed by atoms with Crippen molar-refractivity contribution in [2.45, 2.75) is 13.3 Å². The summed E-state index contributed by atoms with van der Waals surface area (Å²) in [5, 5.41) is 4.21. The average Bonchev–Trinajstić information content (AvgIpc) is 2.58. The highest BCUT2D eigenvalue weighted by atomic mass is 127. The van der Waals surface area contributed by atoms with Gasteiger partial charge >= 0.3 is 0 Å². The van der Waals surface area contributed by atoms with E-state index in [1.165, 1.54) is 5.69 Å². The minimum Gasteiger partial charge on any atom is -0.382 e. The first-order valence-electron chi connectivity index (χ1n) is 8.28. The molecule has 0 radical (unpaired) electrons. The van der Waals surface area contributed by atoms with Crippen molar-refractivity contribution in [3.05, 3.63) is 29.3 Å². The molecule has 0 bridgehead atoms. The number of guanidine groups is 1. The summed E-state index contributed by atoms with van der Waals surface area (Å²) in [7, 11) is 1.84. The van der Waals surface area contributed by atoms with E-state index in [0.717, 1.165) is 63.3 Å². The number of hydrogen-bond donors (Lipinski definition) is 1. The van der Waals surface area contributed by atoms with Crippen LogP contribution >= 0.6 is 35.6 Å². The Labute approximate surface area is 167 Å². The molecular formula is C17H28ClIN4O. The molecule has 2 rings (SSSR count). The first kappa shape index (κ1) is 21.3. The molecule has 1 saturated heterocycles. The number of aliphatic imine (C=N–C) groups is 1. The summed E-state index contributed by atoms with van der Waals surface area (Å²) in [4.78, 5) is 9.07. The SMILES string of the molecule is CCOCCCNC(=NC)N1CCN(c2cccc(Cl)c2)CC1.I. The summed E-state index contributed by atoms with van der Waals surface area (Å²) in [6, 6.07) is 8.05. The first-order chi connectivity index (χ1) is 11.2. The summed E-state index contributed by atoms with van der Waals surface area (Å²) in [5.74, 6) is 0.979. The summed E-state index contributed by atoms with van der Waals surface area (Å²) >= 11 is 6.08. The Morgan fingerprint density at radius 3 is 2.67 bits per heavy atom. The summed E-state index contributed by atoms with van der Waals surface area (Å²) in [6.07, 6.45) is 0.995. The molecule has 1 N–H and O–H groups in total. The first-order valence-corrected chi connectivity index (χ1v) is 8.66. The molecule has 24 heavy (non-hydrogen) atoms. The maximum Gasteiger partial charge on any atom is 0.193 e. The van der Waals surface area contributed by atoms with E-state index in [1.54, 1.807) is 0 Å². The molecule has 0 atom stereocenters. The van der Waals surface area contributed by atoms with E-state index in [1.807, 2.05) is 32.2 Å². The van der Waals surface area contributed by atoms with E-state index >= 15 is 0 Å².